The van der Waals surface area contributed by atoms with Gasteiger partial charge in [0.1, 0.15) is 0 Å². The maximum absolute atomic E-state index is 5.96. The summed E-state index contributed by atoms with van der Waals surface area (Å²) in [6, 6.07) is 4.07. The lowest BCUT2D eigenvalue weighted by Gasteiger charge is -2.11. The number of thiophene rings is 1. The predicted molar refractivity (Wildman–Crippen MR) is 55.7 cm³/mol. The Hall–Kier alpha value is -0.0500. The van der Waals surface area contributed by atoms with E-state index < -0.39 is 0 Å². The summed E-state index contributed by atoms with van der Waals surface area (Å²) in [5, 5.41) is 0. The third-order valence-corrected chi connectivity index (χ3v) is 3.05. The third kappa shape index (κ3) is 2.77. The van der Waals surface area contributed by atoms with Crippen LogP contribution in [0.5, 0.6) is 0 Å². The van der Waals surface area contributed by atoms with Gasteiger partial charge in [-0.2, -0.15) is 0 Å². The molecule has 0 unspecified atom stereocenters. The summed E-state index contributed by atoms with van der Waals surface area (Å²) in [5.41, 5.74) is 5.96. The van der Waals surface area contributed by atoms with E-state index in [4.69, 9.17) is 17.3 Å². The Bertz CT molecular complexity index is 244. The van der Waals surface area contributed by atoms with E-state index >= 15 is 0 Å². The van der Waals surface area contributed by atoms with E-state index in [1.807, 2.05) is 12.1 Å². The quantitative estimate of drug-likeness (QED) is 0.800. The Morgan fingerprint density at radius 3 is 2.58 bits per heavy atom. The van der Waals surface area contributed by atoms with E-state index in [9.17, 15) is 0 Å². The summed E-state index contributed by atoms with van der Waals surface area (Å²) in [5.74, 6) is 0.640. The summed E-state index contributed by atoms with van der Waals surface area (Å²) < 4.78 is 0.823. The predicted octanol–water partition coefficient (Wildman–Crippen LogP) is 3.45. The normalized spacial score (nSPS) is 13.8. The molecule has 1 atom stereocenters. The second-order valence-corrected chi connectivity index (χ2v) is 5.12. The molecule has 2 N–H and O–H groups in total. The van der Waals surface area contributed by atoms with Crippen molar-refractivity contribution in [2.45, 2.75) is 26.3 Å². The molecule has 12 heavy (non-hydrogen) atoms. The fraction of sp³-hybridized carbons (Fsp3) is 0.556. The van der Waals surface area contributed by atoms with E-state index in [1.54, 1.807) is 11.3 Å². The first kappa shape index (κ1) is 10.0. The van der Waals surface area contributed by atoms with Gasteiger partial charge in [0.2, 0.25) is 0 Å². The highest BCUT2D eigenvalue weighted by molar-refractivity contribution is 7.16. The lowest BCUT2D eigenvalue weighted by Crippen LogP contribution is -2.11. The molecule has 0 aliphatic heterocycles. The third-order valence-electron chi connectivity index (χ3n) is 1.68. The minimum atomic E-state index is 0.155. The first-order valence-electron chi connectivity index (χ1n) is 4.10. The highest BCUT2D eigenvalue weighted by atomic mass is 35.5. The second kappa shape index (κ2) is 4.26. The van der Waals surface area contributed by atoms with E-state index in [-0.39, 0.29) is 6.04 Å². The van der Waals surface area contributed by atoms with Gasteiger partial charge in [-0.3, -0.25) is 0 Å². The molecule has 1 rings (SSSR count). The summed E-state index contributed by atoms with van der Waals surface area (Å²) in [6.45, 7) is 4.35. The molecule has 0 aromatic carbocycles. The van der Waals surface area contributed by atoms with Crippen molar-refractivity contribution in [1.82, 2.24) is 0 Å². The fourth-order valence-corrected chi connectivity index (χ4v) is 2.23. The van der Waals surface area contributed by atoms with Crippen LogP contribution in [-0.2, 0) is 0 Å². The van der Waals surface area contributed by atoms with Crippen LogP contribution in [0.4, 0.5) is 0 Å². The number of rotatable bonds is 3. The molecule has 1 aromatic heterocycles. The fourth-order valence-electron chi connectivity index (χ4n) is 1.15. The van der Waals surface area contributed by atoms with Crippen molar-refractivity contribution in [3.63, 3.8) is 0 Å². The van der Waals surface area contributed by atoms with E-state index in [0.29, 0.717) is 5.92 Å². The zero-order chi connectivity index (χ0) is 9.14. The maximum atomic E-state index is 5.96. The van der Waals surface area contributed by atoms with Crippen LogP contribution in [0.25, 0.3) is 0 Å². The number of hydrogen-bond donors (Lipinski definition) is 1. The average molecular weight is 204 g/mol. The van der Waals surface area contributed by atoms with Crippen LogP contribution in [0.15, 0.2) is 12.1 Å². The van der Waals surface area contributed by atoms with E-state index in [2.05, 4.69) is 13.8 Å². The van der Waals surface area contributed by atoms with Crippen LogP contribution in [0.3, 0.4) is 0 Å². The summed E-state index contributed by atoms with van der Waals surface area (Å²) in [7, 11) is 0. The van der Waals surface area contributed by atoms with Gasteiger partial charge in [-0.25, -0.2) is 0 Å². The summed E-state index contributed by atoms with van der Waals surface area (Å²) in [6.07, 6.45) is 1.02. The molecule has 0 fully saturated rings. The lowest BCUT2D eigenvalue weighted by atomic mass is 10.0. The highest BCUT2D eigenvalue weighted by Crippen LogP contribution is 2.28. The summed E-state index contributed by atoms with van der Waals surface area (Å²) >= 11 is 7.38. The van der Waals surface area contributed by atoms with Crippen molar-refractivity contribution in [3.05, 3.63) is 21.3 Å². The van der Waals surface area contributed by atoms with Crippen LogP contribution in [-0.4, -0.2) is 0 Å². The molecule has 0 radical (unpaired) electrons. The van der Waals surface area contributed by atoms with Crippen molar-refractivity contribution in [2.24, 2.45) is 11.7 Å². The summed E-state index contributed by atoms with van der Waals surface area (Å²) in [4.78, 5) is 1.19. The molecule has 0 saturated heterocycles. The smallest absolute Gasteiger partial charge is 0.0931 e. The SMILES string of the molecule is CC(C)C[C@H](N)c1ccc(Cl)s1. The van der Waals surface area contributed by atoms with Crippen molar-refractivity contribution in [2.75, 3.05) is 0 Å². The zero-order valence-corrected chi connectivity index (χ0v) is 8.95. The monoisotopic (exact) mass is 203 g/mol. The van der Waals surface area contributed by atoms with Gasteiger partial charge in [-0.05, 0) is 24.5 Å². The zero-order valence-electron chi connectivity index (χ0n) is 7.38. The van der Waals surface area contributed by atoms with Gasteiger partial charge < -0.3 is 5.73 Å². The van der Waals surface area contributed by atoms with Crippen molar-refractivity contribution < 1.29 is 0 Å². The van der Waals surface area contributed by atoms with Crippen molar-refractivity contribution in [3.8, 4) is 0 Å². The minimum Gasteiger partial charge on any atom is -0.323 e. The van der Waals surface area contributed by atoms with Crippen molar-refractivity contribution >= 4 is 22.9 Å². The molecule has 0 saturated carbocycles. The molecule has 0 bridgehead atoms. The second-order valence-electron chi connectivity index (χ2n) is 3.38. The topological polar surface area (TPSA) is 26.0 Å². The van der Waals surface area contributed by atoms with Gasteiger partial charge in [-0.15, -0.1) is 11.3 Å². The van der Waals surface area contributed by atoms with Gasteiger partial charge >= 0.3 is 0 Å². The Balaban J connectivity index is 2.58. The molecule has 1 heterocycles. The Morgan fingerprint density at radius 2 is 2.17 bits per heavy atom. The first-order chi connectivity index (χ1) is 5.59. The molecule has 3 heteroatoms. The Morgan fingerprint density at radius 1 is 1.50 bits per heavy atom. The standard InChI is InChI=1S/C9H14ClNS/c1-6(2)5-7(11)8-3-4-9(10)12-8/h3-4,6-7H,5,11H2,1-2H3/t7-/m0/s1. The Kier molecular flexibility index (Phi) is 3.56. The molecular formula is C9H14ClNS. The maximum Gasteiger partial charge on any atom is 0.0931 e. The molecule has 0 aliphatic carbocycles. The highest BCUT2D eigenvalue weighted by Gasteiger charge is 2.09. The van der Waals surface area contributed by atoms with Crippen LogP contribution in [0.1, 0.15) is 31.2 Å². The Labute approximate surface area is 82.5 Å². The van der Waals surface area contributed by atoms with Gasteiger partial charge in [0, 0.05) is 10.9 Å². The number of halogens is 1. The van der Waals surface area contributed by atoms with Gasteiger partial charge in [0.25, 0.3) is 0 Å². The molecule has 1 aromatic rings. The lowest BCUT2D eigenvalue weighted by molar-refractivity contribution is 0.515. The first-order valence-corrected chi connectivity index (χ1v) is 5.30. The molecular weight excluding hydrogens is 190 g/mol. The van der Waals surface area contributed by atoms with E-state index in [0.717, 1.165) is 10.8 Å². The number of hydrogen-bond acceptors (Lipinski definition) is 2. The van der Waals surface area contributed by atoms with Crippen LogP contribution >= 0.6 is 22.9 Å². The van der Waals surface area contributed by atoms with Gasteiger partial charge in [0.05, 0.1) is 4.34 Å². The van der Waals surface area contributed by atoms with E-state index in [1.165, 1.54) is 4.88 Å². The van der Waals surface area contributed by atoms with Gasteiger partial charge in [-0.1, -0.05) is 25.4 Å². The minimum absolute atomic E-state index is 0.155. The molecule has 0 spiro atoms. The molecule has 0 aliphatic rings. The van der Waals surface area contributed by atoms with Crippen LogP contribution < -0.4 is 5.73 Å². The molecule has 1 nitrogen and oxygen atoms in total. The molecule has 0 amide bonds. The van der Waals surface area contributed by atoms with Crippen LogP contribution in [0.2, 0.25) is 4.34 Å². The van der Waals surface area contributed by atoms with Crippen molar-refractivity contribution in [1.29, 1.82) is 0 Å². The molecule has 68 valence electrons. The number of nitrogens with two attached hydrogens (primary N) is 1. The average Bonchev–Trinajstić information content (AvgIpc) is 2.34. The largest absolute Gasteiger partial charge is 0.323 e. The van der Waals surface area contributed by atoms with Crippen LogP contribution in [0, 0.1) is 5.92 Å². The van der Waals surface area contributed by atoms with Gasteiger partial charge in [0.15, 0.2) is 0 Å².